The minimum Gasteiger partial charge on any atom is -0.360 e. The number of likely N-dealkylation sites (N-methyl/N-ethyl adjacent to an activating group) is 1. The molecule has 0 radical (unpaired) electrons. The molecule has 110 valence electrons. The highest BCUT2D eigenvalue weighted by Crippen LogP contribution is 2.40. The minimum atomic E-state index is -0.105. The lowest BCUT2D eigenvalue weighted by molar-refractivity contribution is 0.0916. The van der Waals surface area contributed by atoms with E-state index >= 15 is 0 Å². The summed E-state index contributed by atoms with van der Waals surface area (Å²) in [4.78, 5) is 14.6. The number of nitrogens with zero attached hydrogens (tertiary/aromatic N) is 2. The first-order chi connectivity index (χ1) is 9.54. The van der Waals surface area contributed by atoms with Crippen molar-refractivity contribution in [1.82, 2.24) is 15.4 Å². The van der Waals surface area contributed by atoms with Gasteiger partial charge in [-0.25, -0.2) is 0 Å². The molecule has 1 aliphatic heterocycles. The topological polar surface area (TPSA) is 58.4 Å². The summed E-state index contributed by atoms with van der Waals surface area (Å²) >= 11 is 0. The zero-order chi connectivity index (χ0) is 14.3. The van der Waals surface area contributed by atoms with Crippen LogP contribution in [-0.2, 0) is 0 Å². The maximum Gasteiger partial charge on any atom is 0.273 e. The summed E-state index contributed by atoms with van der Waals surface area (Å²) in [6, 6.07) is 2.00. The third-order valence-corrected chi connectivity index (χ3v) is 4.46. The van der Waals surface area contributed by atoms with Gasteiger partial charge >= 0.3 is 0 Å². The van der Waals surface area contributed by atoms with E-state index in [1.54, 1.807) is 6.07 Å². The van der Waals surface area contributed by atoms with Gasteiger partial charge in [0, 0.05) is 31.1 Å². The summed E-state index contributed by atoms with van der Waals surface area (Å²) in [5, 5.41) is 7.03. The first-order valence-electron chi connectivity index (χ1n) is 7.50. The predicted molar refractivity (Wildman–Crippen MR) is 75.6 cm³/mol. The van der Waals surface area contributed by atoms with E-state index in [2.05, 4.69) is 36.3 Å². The van der Waals surface area contributed by atoms with Crippen LogP contribution >= 0.6 is 0 Å². The molecule has 2 fully saturated rings. The SMILES string of the molecule is CC(C)[C@H]1CN(C)C[C@@H]1NC(=O)c1cc(C2CC2)on1. The lowest BCUT2D eigenvalue weighted by atomic mass is 9.91. The van der Waals surface area contributed by atoms with Crippen LogP contribution in [0.5, 0.6) is 0 Å². The summed E-state index contributed by atoms with van der Waals surface area (Å²) in [7, 11) is 2.10. The summed E-state index contributed by atoms with van der Waals surface area (Å²) in [6.45, 7) is 6.37. The fourth-order valence-corrected chi connectivity index (χ4v) is 3.06. The third-order valence-electron chi connectivity index (χ3n) is 4.46. The van der Waals surface area contributed by atoms with Crippen LogP contribution in [0.4, 0.5) is 0 Å². The van der Waals surface area contributed by atoms with Crippen LogP contribution in [-0.4, -0.2) is 42.1 Å². The first kappa shape index (κ1) is 13.6. The number of carbonyl (C=O) groups excluding carboxylic acids is 1. The molecule has 2 heterocycles. The average molecular weight is 277 g/mol. The standard InChI is InChI=1S/C15H23N3O2/c1-9(2)11-7-18(3)8-13(11)16-15(19)12-6-14(20-17-12)10-4-5-10/h6,9-11,13H,4-5,7-8H2,1-3H3,(H,16,19)/t11-,13+/m1/s1. The molecule has 1 aromatic heterocycles. The Kier molecular flexibility index (Phi) is 3.54. The number of amides is 1. The number of rotatable bonds is 4. The van der Waals surface area contributed by atoms with Crippen molar-refractivity contribution in [3.63, 3.8) is 0 Å². The Morgan fingerprint density at radius 3 is 2.85 bits per heavy atom. The fraction of sp³-hybridized carbons (Fsp3) is 0.733. The molecular weight excluding hydrogens is 254 g/mol. The van der Waals surface area contributed by atoms with Gasteiger partial charge in [0.2, 0.25) is 0 Å². The number of aromatic nitrogens is 1. The van der Waals surface area contributed by atoms with Gasteiger partial charge in [0.25, 0.3) is 5.91 Å². The van der Waals surface area contributed by atoms with Gasteiger partial charge in [0.1, 0.15) is 5.76 Å². The summed E-state index contributed by atoms with van der Waals surface area (Å²) in [5.41, 5.74) is 0.420. The van der Waals surface area contributed by atoms with E-state index in [0.29, 0.717) is 23.4 Å². The average Bonchev–Trinajstić information content (AvgIpc) is 2.99. The molecule has 5 nitrogen and oxygen atoms in total. The largest absolute Gasteiger partial charge is 0.360 e. The van der Waals surface area contributed by atoms with Gasteiger partial charge in [-0.1, -0.05) is 19.0 Å². The Morgan fingerprint density at radius 2 is 2.20 bits per heavy atom. The number of likely N-dealkylation sites (tertiary alicyclic amines) is 1. The Balaban J connectivity index is 1.65. The highest BCUT2D eigenvalue weighted by molar-refractivity contribution is 5.92. The molecule has 5 heteroatoms. The second-order valence-electron chi connectivity index (χ2n) is 6.60. The number of nitrogens with one attached hydrogen (secondary N) is 1. The predicted octanol–water partition coefficient (Wildman–Crippen LogP) is 1.87. The van der Waals surface area contributed by atoms with Crippen LogP contribution in [0.25, 0.3) is 0 Å². The molecule has 1 aliphatic carbocycles. The molecule has 0 unspecified atom stereocenters. The van der Waals surface area contributed by atoms with Crippen molar-refractivity contribution in [3.8, 4) is 0 Å². The molecule has 2 atom stereocenters. The summed E-state index contributed by atoms with van der Waals surface area (Å²) < 4.78 is 5.25. The summed E-state index contributed by atoms with van der Waals surface area (Å²) in [6.07, 6.45) is 2.30. The molecule has 0 bridgehead atoms. The van der Waals surface area contributed by atoms with Crippen LogP contribution in [0.1, 0.15) is 48.9 Å². The zero-order valence-electron chi connectivity index (χ0n) is 12.4. The first-order valence-corrected chi connectivity index (χ1v) is 7.50. The molecule has 3 rings (SSSR count). The van der Waals surface area contributed by atoms with E-state index < -0.39 is 0 Å². The molecule has 1 saturated carbocycles. The van der Waals surface area contributed by atoms with Crippen LogP contribution in [0.2, 0.25) is 0 Å². The quantitative estimate of drug-likeness (QED) is 0.912. The normalized spacial score (nSPS) is 27.2. The van der Waals surface area contributed by atoms with Gasteiger partial charge in [-0.2, -0.15) is 0 Å². The second-order valence-corrected chi connectivity index (χ2v) is 6.60. The molecule has 1 saturated heterocycles. The zero-order valence-corrected chi connectivity index (χ0v) is 12.4. The Morgan fingerprint density at radius 1 is 1.45 bits per heavy atom. The molecule has 1 N–H and O–H groups in total. The van der Waals surface area contributed by atoms with Gasteiger partial charge in [-0.05, 0) is 31.7 Å². The molecule has 0 spiro atoms. The van der Waals surface area contributed by atoms with E-state index in [-0.39, 0.29) is 11.9 Å². The van der Waals surface area contributed by atoms with Crippen molar-refractivity contribution < 1.29 is 9.32 Å². The number of hydrogen-bond donors (Lipinski definition) is 1. The van der Waals surface area contributed by atoms with E-state index in [1.165, 1.54) is 0 Å². The highest BCUT2D eigenvalue weighted by Gasteiger charge is 2.35. The molecule has 0 aromatic carbocycles. The molecule has 20 heavy (non-hydrogen) atoms. The van der Waals surface area contributed by atoms with Crippen LogP contribution in [0.3, 0.4) is 0 Å². The van der Waals surface area contributed by atoms with Crippen molar-refractivity contribution >= 4 is 5.91 Å². The van der Waals surface area contributed by atoms with Crippen molar-refractivity contribution in [3.05, 3.63) is 17.5 Å². The van der Waals surface area contributed by atoms with Gasteiger partial charge in [0.15, 0.2) is 5.69 Å². The van der Waals surface area contributed by atoms with E-state index in [9.17, 15) is 4.79 Å². The number of carbonyl (C=O) groups is 1. The van der Waals surface area contributed by atoms with Gasteiger partial charge in [-0.15, -0.1) is 0 Å². The van der Waals surface area contributed by atoms with E-state index in [1.807, 2.05) is 0 Å². The van der Waals surface area contributed by atoms with Crippen molar-refractivity contribution in [2.24, 2.45) is 11.8 Å². The lowest BCUT2D eigenvalue weighted by Gasteiger charge is -2.22. The van der Waals surface area contributed by atoms with Crippen LogP contribution in [0, 0.1) is 11.8 Å². The minimum absolute atomic E-state index is 0.105. The number of hydrogen-bond acceptors (Lipinski definition) is 4. The third kappa shape index (κ3) is 2.73. The smallest absolute Gasteiger partial charge is 0.273 e. The Bertz CT molecular complexity index is 493. The highest BCUT2D eigenvalue weighted by atomic mass is 16.5. The Hall–Kier alpha value is -1.36. The molecule has 1 amide bonds. The monoisotopic (exact) mass is 277 g/mol. The summed E-state index contributed by atoms with van der Waals surface area (Å²) in [5.74, 6) is 2.30. The van der Waals surface area contributed by atoms with Gasteiger partial charge in [-0.3, -0.25) is 4.79 Å². The maximum atomic E-state index is 12.3. The lowest BCUT2D eigenvalue weighted by Crippen LogP contribution is -2.42. The molecular formula is C15H23N3O2. The van der Waals surface area contributed by atoms with Crippen LogP contribution in [0.15, 0.2) is 10.6 Å². The van der Waals surface area contributed by atoms with Crippen molar-refractivity contribution in [2.45, 2.75) is 38.6 Å². The second kappa shape index (κ2) is 5.20. The fourth-order valence-electron chi connectivity index (χ4n) is 3.06. The van der Waals surface area contributed by atoms with Crippen molar-refractivity contribution in [1.29, 1.82) is 0 Å². The van der Waals surface area contributed by atoms with Crippen molar-refractivity contribution in [2.75, 3.05) is 20.1 Å². The maximum absolute atomic E-state index is 12.3. The van der Waals surface area contributed by atoms with Gasteiger partial charge in [0.05, 0.1) is 0 Å². The van der Waals surface area contributed by atoms with Gasteiger partial charge < -0.3 is 14.7 Å². The molecule has 2 aliphatic rings. The van der Waals surface area contributed by atoms with Crippen LogP contribution < -0.4 is 5.32 Å². The van der Waals surface area contributed by atoms with E-state index in [4.69, 9.17) is 4.52 Å². The van der Waals surface area contributed by atoms with E-state index in [0.717, 1.165) is 31.7 Å². The molecule has 1 aromatic rings. The Labute approximate surface area is 119 Å².